The summed E-state index contributed by atoms with van der Waals surface area (Å²) < 4.78 is 38.9. The standard InChI is InChI=1S/C13H12F3N3S.ClH/c14-13(15,16)10-2-1-3-11-9(10)4-5-19(11)7-8-6-18-12(17)20-8;/h1-3,6H,4-5,7H2,(H2,17,18);1H. The van der Waals surface area contributed by atoms with Crippen molar-refractivity contribution < 1.29 is 13.2 Å². The SMILES string of the molecule is Cl.Nc1ncc(CN2CCc3c2cccc3C(F)(F)F)s1. The van der Waals surface area contributed by atoms with E-state index in [1.165, 1.54) is 17.4 Å². The van der Waals surface area contributed by atoms with Crippen LogP contribution in [0.5, 0.6) is 0 Å². The average Bonchev–Trinajstić information content (AvgIpc) is 2.96. The predicted molar refractivity (Wildman–Crippen MR) is 80.0 cm³/mol. The minimum atomic E-state index is -4.30. The molecule has 21 heavy (non-hydrogen) atoms. The quantitative estimate of drug-likeness (QED) is 0.909. The van der Waals surface area contributed by atoms with Gasteiger partial charge in [0.2, 0.25) is 0 Å². The number of hydrogen-bond donors (Lipinski definition) is 1. The van der Waals surface area contributed by atoms with Crippen LogP contribution in [-0.2, 0) is 19.1 Å². The predicted octanol–water partition coefficient (Wildman–Crippen LogP) is 3.73. The summed E-state index contributed by atoms with van der Waals surface area (Å²) in [6, 6.07) is 4.34. The molecule has 0 aliphatic carbocycles. The molecule has 2 N–H and O–H groups in total. The molecule has 0 radical (unpaired) electrons. The molecule has 0 amide bonds. The number of hydrogen-bond acceptors (Lipinski definition) is 4. The van der Waals surface area contributed by atoms with Crippen molar-refractivity contribution in [2.75, 3.05) is 17.2 Å². The summed E-state index contributed by atoms with van der Waals surface area (Å²) in [5.74, 6) is 0. The molecule has 3 rings (SSSR count). The second kappa shape index (κ2) is 5.73. The number of fused-ring (bicyclic) bond motifs is 1. The van der Waals surface area contributed by atoms with Crippen molar-refractivity contribution in [3.63, 3.8) is 0 Å². The maximum absolute atomic E-state index is 13.0. The molecule has 3 nitrogen and oxygen atoms in total. The largest absolute Gasteiger partial charge is 0.416 e. The van der Waals surface area contributed by atoms with Crippen molar-refractivity contribution in [3.05, 3.63) is 40.4 Å². The highest BCUT2D eigenvalue weighted by Gasteiger charge is 2.36. The molecule has 0 spiro atoms. The fraction of sp³-hybridized carbons (Fsp3) is 0.308. The summed E-state index contributed by atoms with van der Waals surface area (Å²) in [5, 5.41) is 0.475. The molecule has 0 saturated carbocycles. The molecule has 0 atom stereocenters. The molecule has 8 heteroatoms. The first-order valence-corrected chi connectivity index (χ1v) is 6.91. The van der Waals surface area contributed by atoms with Gasteiger partial charge in [-0.05, 0) is 24.1 Å². The van der Waals surface area contributed by atoms with Crippen LogP contribution in [0.3, 0.4) is 0 Å². The van der Waals surface area contributed by atoms with E-state index in [2.05, 4.69) is 4.98 Å². The number of halogens is 4. The first kappa shape index (κ1) is 15.9. The lowest BCUT2D eigenvalue weighted by Gasteiger charge is -2.19. The number of thiazole rings is 1. The summed E-state index contributed by atoms with van der Waals surface area (Å²) in [6.07, 6.45) is -2.21. The Kier molecular flexibility index (Phi) is 4.34. The highest BCUT2D eigenvalue weighted by atomic mass is 35.5. The fourth-order valence-corrected chi connectivity index (χ4v) is 3.21. The zero-order valence-corrected chi connectivity index (χ0v) is 12.5. The molecule has 1 aliphatic rings. The van der Waals surface area contributed by atoms with Gasteiger partial charge in [-0.1, -0.05) is 6.07 Å². The Balaban J connectivity index is 0.00000161. The third-order valence-electron chi connectivity index (χ3n) is 3.35. The fourth-order valence-electron chi connectivity index (χ4n) is 2.51. The van der Waals surface area contributed by atoms with Crippen molar-refractivity contribution in [2.45, 2.75) is 19.1 Å². The van der Waals surface area contributed by atoms with Gasteiger partial charge in [0.15, 0.2) is 5.13 Å². The van der Waals surface area contributed by atoms with E-state index in [1.54, 1.807) is 12.3 Å². The lowest BCUT2D eigenvalue weighted by Crippen LogP contribution is -2.18. The third kappa shape index (κ3) is 3.08. The third-order valence-corrected chi connectivity index (χ3v) is 4.16. The molecule has 0 saturated heterocycles. The Morgan fingerprint density at radius 1 is 1.33 bits per heavy atom. The zero-order chi connectivity index (χ0) is 14.3. The van der Waals surface area contributed by atoms with E-state index in [1.807, 2.05) is 4.90 Å². The van der Waals surface area contributed by atoms with Crippen molar-refractivity contribution in [1.82, 2.24) is 4.98 Å². The first-order valence-electron chi connectivity index (χ1n) is 6.09. The Labute approximate surface area is 130 Å². The van der Waals surface area contributed by atoms with E-state index in [0.717, 1.165) is 10.9 Å². The number of alkyl halides is 3. The van der Waals surface area contributed by atoms with E-state index < -0.39 is 11.7 Å². The molecule has 2 heterocycles. The Morgan fingerprint density at radius 2 is 2.10 bits per heavy atom. The van der Waals surface area contributed by atoms with E-state index >= 15 is 0 Å². The van der Waals surface area contributed by atoms with E-state index in [9.17, 15) is 13.2 Å². The molecule has 0 fully saturated rings. The summed E-state index contributed by atoms with van der Waals surface area (Å²) in [6.45, 7) is 1.13. The van der Waals surface area contributed by atoms with Crippen LogP contribution >= 0.6 is 23.7 Å². The van der Waals surface area contributed by atoms with Crippen LogP contribution in [0.15, 0.2) is 24.4 Å². The Bertz CT molecular complexity index is 642. The van der Waals surface area contributed by atoms with Crippen LogP contribution in [-0.4, -0.2) is 11.5 Å². The number of benzene rings is 1. The molecule has 0 unspecified atom stereocenters. The maximum atomic E-state index is 13.0. The lowest BCUT2D eigenvalue weighted by molar-refractivity contribution is -0.138. The topological polar surface area (TPSA) is 42.1 Å². The summed E-state index contributed by atoms with van der Waals surface area (Å²) in [4.78, 5) is 6.85. The van der Waals surface area contributed by atoms with Gasteiger partial charge in [0, 0.05) is 23.3 Å². The molecule has 1 aliphatic heterocycles. The molecule has 2 aromatic rings. The number of aromatic nitrogens is 1. The monoisotopic (exact) mass is 335 g/mol. The molecule has 114 valence electrons. The second-order valence-electron chi connectivity index (χ2n) is 4.64. The number of rotatable bonds is 2. The van der Waals surface area contributed by atoms with Gasteiger partial charge in [-0.15, -0.1) is 23.7 Å². The molecular weight excluding hydrogens is 323 g/mol. The molecule has 0 bridgehead atoms. The van der Waals surface area contributed by atoms with E-state index in [4.69, 9.17) is 5.73 Å². The minimum absolute atomic E-state index is 0. The number of nitrogen functional groups attached to an aromatic ring is 1. The van der Waals surface area contributed by atoms with Crippen LogP contribution < -0.4 is 10.6 Å². The van der Waals surface area contributed by atoms with Gasteiger partial charge in [-0.25, -0.2) is 4.98 Å². The number of anilines is 2. The van der Waals surface area contributed by atoms with Crippen LogP contribution in [0.2, 0.25) is 0 Å². The summed E-state index contributed by atoms with van der Waals surface area (Å²) in [7, 11) is 0. The van der Waals surface area contributed by atoms with Crippen molar-refractivity contribution in [3.8, 4) is 0 Å². The maximum Gasteiger partial charge on any atom is 0.416 e. The van der Waals surface area contributed by atoms with Gasteiger partial charge in [-0.3, -0.25) is 0 Å². The first-order chi connectivity index (χ1) is 9.45. The van der Waals surface area contributed by atoms with Gasteiger partial charge in [-0.2, -0.15) is 13.2 Å². The van der Waals surface area contributed by atoms with Crippen LogP contribution in [0.4, 0.5) is 24.0 Å². The molecule has 1 aromatic heterocycles. The van der Waals surface area contributed by atoms with Crippen LogP contribution in [0.25, 0.3) is 0 Å². The number of nitrogens with two attached hydrogens (primary N) is 1. The summed E-state index contributed by atoms with van der Waals surface area (Å²) in [5.41, 5.74) is 6.09. The summed E-state index contributed by atoms with van der Waals surface area (Å²) >= 11 is 1.36. The normalized spacial score (nSPS) is 14.0. The Morgan fingerprint density at radius 3 is 2.71 bits per heavy atom. The van der Waals surface area contributed by atoms with Crippen molar-refractivity contribution in [1.29, 1.82) is 0 Å². The van der Waals surface area contributed by atoms with Crippen molar-refractivity contribution >= 4 is 34.6 Å². The second-order valence-corrected chi connectivity index (χ2v) is 5.78. The average molecular weight is 336 g/mol. The highest BCUT2D eigenvalue weighted by Crippen LogP contribution is 2.40. The minimum Gasteiger partial charge on any atom is -0.375 e. The van der Waals surface area contributed by atoms with Crippen molar-refractivity contribution in [2.24, 2.45) is 0 Å². The van der Waals surface area contributed by atoms with Gasteiger partial charge in [0.25, 0.3) is 0 Å². The van der Waals surface area contributed by atoms with Crippen LogP contribution in [0.1, 0.15) is 16.0 Å². The highest BCUT2D eigenvalue weighted by molar-refractivity contribution is 7.15. The number of nitrogens with zero attached hydrogens (tertiary/aromatic N) is 2. The van der Waals surface area contributed by atoms with Crippen LogP contribution in [0, 0.1) is 0 Å². The van der Waals surface area contributed by atoms with Gasteiger partial charge in [0.1, 0.15) is 0 Å². The molecular formula is C13H13ClF3N3S. The van der Waals surface area contributed by atoms with Gasteiger partial charge < -0.3 is 10.6 Å². The van der Waals surface area contributed by atoms with Gasteiger partial charge >= 0.3 is 6.18 Å². The molecule has 1 aromatic carbocycles. The smallest absolute Gasteiger partial charge is 0.375 e. The van der Waals surface area contributed by atoms with E-state index in [-0.39, 0.29) is 12.4 Å². The van der Waals surface area contributed by atoms with Gasteiger partial charge in [0.05, 0.1) is 12.1 Å². The Hall–Kier alpha value is -1.47. The zero-order valence-electron chi connectivity index (χ0n) is 10.9. The van der Waals surface area contributed by atoms with E-state index in [0.29, 0.717) is 35.9 Å². The lowest BCUT2D eigenvalue weighted by atomic mass is 10.0.